The van der Waals surface area contributed by atoms with Gasteiger partial charge in [0.05, 0.1) is 0 Å². The van der Waals surface area contributed by atoms with Crippen LogP contribution in [0.1, 0.15) is 16.3 Å². The van der Waals surface area contributed by atoms with Crippen LogP contribution in [0.15, 0.2) is 42.1 Å². The molecular weight excluding hydrogens is 293 g/mol. The average molecular weight is 310 g/mol. The minimum Gasteiger partial charge on any atom is -0.378 e. The molecule has 0 unspecified atom stereocenters. The third kappa shape index (κ3) is 3.59. The lowest BCUT2D eigenvalue weighted by atomic mass is 10.1. The molecule has 19 heavy (non-hydrogen) atoms. The minimum absolute atomic E-state index is 0.538. The Balaban J connectivity index is 2.26. The highest BCUT2D eigenvalue weighted by molar-refractivity contribution is 7.02. The zero-order chi connectivity index (χ0) is 13.8. The highest BCUT2D eigenvalue weighted by Crippen LogP contribution is 2.19. The molecule has 1 heterocycles. The van der Waals surface area contributed by atoms with Crippen molar-refractivity contribution in [3.8, 4) is 0 Å². The SMILES string of the molecule is CN(C)c1ccc(Cc2c(CCl)ccc[si]2Cl)cc1. The van der Waals surface area contributed by atoms with Crippen molar-refractivity contribution in [2.75, 3.05) is 19.0 Å². The normalized spacial score (nSPS) is 10.5. The average Bonchev–Trinajstić information content (AvgIpc) is 2.41. The molecule has 0 amide bonds. The summed E-state index contributed by atoms with van der Waals surface area (Å²) in [4.78, 5) is 2.10. The van der Waals surface area contributed by atoms with Crippen LogP contribution in [0.3, 0.4) is 0 Å². The summed E-state index contributed by atoms with van der Waals surface area (Å²) >= 11 is 12.5. The Bertz CT molecular complexity index is 553. The lowest BCUT2D eigenvalue weighted by Gasteiger charge is -2.13. The Morgan fingerprint density at radius 3 is 2.37 bits per heavy atom. The van der Waals surface area contributed by atoms with Gasteiger partial charge in [-0.3, -0.25) is 0 Å². The standard InChI is InChI=1S/C15H17Cl2NSi/c1-18(2)14-7-5-12(6-8-14)10-15-13(11-16)4-3-9-19(15)17/h3-9H,10-11H2,1-2H3. The quantitative estimate of drug-likeness (QED) is 0.467. The third-order valence-electron chi connectivity index (χ3n) is 3.19. The van der Waals surface area contributed by atoms with E-state index < -0.39 is 7.71 Å². The summed E-state index contributed by atoms with van der Waals surface area (Å²) in [7, 11) is 3.02. The molecule has 0 bridgehead atoms. The van der Waals surface area contributed by atoms with Gasteiger partial charge in [-0.05, 0) is 34.9 Å². The first-order valence-electron chi connectivity index (χ1n) is 6.20. The van der Waals surface area contributed by atoms with Crippen LogP contribution < -0.4 is 4.90 Å². The maximum Gasteiger partial charge on any atom is 0.155 e. The van der Waals surface area contributed by atoms with Gasteiger partial charge in [-0.1, -0.05) is 29.9 Å². The van der Waals surface area contributed by atoms with Gasteiger partial charge in [-0.15, -0.1) is 22.7 Å². The molecule has 1 nitrogen and oxygen atoms in total. The summed E-state index contributed by atoms with van der Waals surface area (Å²) < 4.78 is 0. The lowest BCUT2D eigenvalue weighted by molar-refractivity contribution is 1.12. The van der Waals surface area contributed by atoms with Crippen LogP contribution in [0.4, 0.5) is 5.69 Å². The molecule has 0 atom stereocenters. The van der Waals surface area contributed by atoms with Crippen LogP contribution >= 0.6 is 22.7 Å². The summed E-state index contributed by atoms with van der Waals surface area (Å²) in [6.07, 6.45) is 0.897. The second-order valence-electron chi connectivity index (χ2n) is 4.75. The number of rotatable bonds is 4. The zero-order valence-corrected chi connectivity index (χ0v) is 13.7. The molecule has 0 radical (unpaired) electrons. The molecule has 0 aliphatic carbocycles. The second kappa shape index (κ2) is 6.55. The number of benzene rings is 1. The Morgan fingerprint density at radius 2 is 1.79 bits per heavy atom. The molecule has 0 saturated heterocycles. The molecule has 0 aliphatic rings. The fourth-order valence-electron chi connectivity index (χ4n) is 2.04. The Morgan fingerprint density at radius 1 is 1.11 bits per heavy atom. The van der Waals surface area contributed by atoms with E-state index in [1.807, 2.05) is 20.2 Å². The molecular formula is C15H17Cl2NSi. The molecule has 0 saturated carbocycles. The van der Waals surface area contributed by atoms with Crippen molar-refractivity contribution in [3.63, 3.8) is 0 Å². The van der Waals surface area contributed by atoms with Crippen molar-refractivity contribution >= 4 is 36.1 Å². The number of nitrogens with zero attached hydrogens (tertiary/aromatic N) is 1. The van der Waals surface area contributed by atoms with Crippen molar-refractivity contribution in [1.82, 2.24) is 0 Å². The molecule has 0 N–H and O–H groups in total. The van der Waals surface area contributed by atoms with Gasteiger partial charge in [0.15, 0.2) is 7.71 Å². The van der Waals surface area contributed by atoms with Gasteiger partial charge in [0, 0.05) is 25.7 Å². The van der Waals surface area contributed by atoms with Crippen LogP contribution in [-0.2, 0) is 12.3 Å². The van der Waals surface area contributed by atoms with Crippen LogP contribution in [0.25, 0.3) is 0 Å². The number of hydrogen-bond acceptors (Lipinski definition) is 1. The molecule has 0 aliphatic heterocycles. The molecule has 2 aromatic rings. The smallest absolute Gasteiger partial charge is 0.155 e. The van der Waals surface area contributed by atoms with Gasteiger partial charge < -0.3 is 4.90 Å². The Kier molecular flexibility index (Phi) is 5.03. The maximum atomic E-state index is 6.46. The number of halogens is 2. The van der Waals surface area contributed by atoms with E-state index >= 15 is 0 Å². The molecule has 1 aromatic carbocycles. The second-order valence-corrected chi connectivity index (χ2v) is 7.87. The van der Waals surface area contributed by atoms with Crippen molar-refractivity contribution in [3.05, 3.63) is 58.4 Å². The van der Waals surface area contributed by atoms with Gasteiger partial charge in [-0.2, -0.15) is 0 Å². The van der Waals surface area contributed by atoms with E-state index in [2.05, 4.69) is 40.9 Å². The summed E-state index contributed by atoms with van der Waals surface area (Å²) in [6, 6.07) is 12.7. The minimum atomic E-state index is -1.07. The largest absolute Gasteiger partial charge is 0.378 e. The Labute approximate surface area is 126 Å². The molecule has 0 fully saturated rings. The number of hydrogen-bond donors (Lipinski definition) is 0. The fourth-order valence-corrected chi connectivity index (χ4v) is 4.51. The van der Waals surface area contributed by atoms with E-state index in [4.69, 9.17) is 22.7 Å². The maximum absolute atomic E-state index is 6.46. The molecule has 1 aromatic heterocycles. The van der Waals surface area contributed by atoms with Crippen molar-refractivity contribution in [2.24, 2.45) is 0 Å². The van der Waals surface area contributed by atoms with Crippen LogP contribution in [-0.4, -0.2) is 21.8 Å². The van der Waals surface area contributed by atoms with Crippen molar-refractivity contribution in [2.45, 2.75) is 12.3 Å². The number of anilines is 1. The molecule has 2 rings (SSSR count). The molecule has 0 spiro atoms. The van der Waals surface area contributed by atoms with Crippen LogP contribution in [0.5, 0.6) is 0 Å². The highest BCUT2D eigenvalue weighted by atomic mass is 35.6. The van der Waals surface area contributed by atoms with E-state index in [-0.39, 0.29) is 0 Å². The van der Waals surface area contributed by atoms with Crippen molar-refractivity contribution in [1.29, 1.82) is 0 Å². The van der Waals surface area contributed by atoms with Crippen LogP contribution in [0, 0.1) is 0 Å². The van der Waals surface area contributed by atoms with E-state index in [0.717, 1.165) is 6.42 Å². The monoisotopic (exact) mass is 309 g/mol. The lowest BCUT2D eigenvalue weighted by Crippen LogP contribution is -2.08. The summed E-state index contributed by atoms with van der Waals surface area (Å²) in [5.41, 5.74) is 5.79. The predicted octanol–water partition coefficient (Wildman–Crippen LogP) is 4.11. The van der Waals surface area contributed by atoms with Gasteiger partial charge in [-0.25, -0.2) is 0 Å². The molecule has 100 valence electrons. The van der Waals surface area contributed by atoms with Gasteiger partial charge >= 0.3 is 0 Å². The highest BCUT2D eigenvalue weighted by Gasteiger charge is 2.08. The first-order valence-corrected chi connectivity index (χ1v) is 9.32. The first kappa shape index (κ1) is 14.6. The predicted molar refractivity (Wildman–Crippen MR) is 86.8 cm³/mol. The summed E-state index contributed by atoms with van der Waals surface area (Å²) in [5, 5.41) is 1.31. The van der Waals surface area contributed by atoms with Crippen LogP contribution in [0.2, 0.25) is 0 Å². The van der Waals surface area contributed by atoms with Gasteiger partial charge in [0.2, 0.25) is 0 Å². The summed E-state index contributed by atoms with van der Waals surface area (Å²) in [5.74, 6) is 0.538. The topological polar surface area (TPSA) is 3.24 Å². The fraction of sp³-hybridized carbons (Fsp3) is 0.267. The summed E-state index contributed by atoms with van der Waals surface area (Å²) in [6.45, 7) is 0. The Hall–Kier alpha value is -0.833. The zero-order valence-electron chi connectivity index (χ0n) is 11.2. The third-order valence-corrected chi connectivity index (χ3v) is 6.10. The van der Waals surface area contributed by atoms with Gasteiger partial charge in [0.25, 0.3) is 0 Å². The van der Waals surface area contributed by atoms with Gasteiger partial charge in [0.1, 0.15) is 0 Å². The first-order chi connectivity index (χ1) is 9.11. The van der Waals surface area contributed by atoms with E-state index in [9.17, 15) is 0 Å². The van der Waals surface area contributed by atoms with E-state index in [0.29, 0.717) is 5.88 Å². The molecule has 4 heteroatoms. The van der Waals surface area contributed by atoms with E-state index in [1.54, 1.807) is 0 Å². The van der Waals surface area contributed by atoms with E-state index in [1.165, 1.54) is 22.0 Å². The van der Waals surface area contributed by atoms with Crippen molar-refractivity contribution < 1.29 is 0 Å². The number of alkyl halides is 1.